The summed E-state index contributed by atoms with van der Waals surface area (Å²) in [6.07, 6.45) is 5.13. The zero-order chi connectivity index (χ0) is 22.4. The monoisotopic (exact) mass is 430 g/mol. The fourth-order valence-corrected chi connectivity index (χ4v) is 3.42. The number of rotatable bonds is 8. The largest absolute Gasteiger partial charge is 0.383 e. The highest BCUT2D eigenvalue weighted by atomic mass is 32.2. The molecule has 30 heavy (non-hydrogen) atoms. The Labute approximate surface area is 181 Å². The van der Waals surface area contributed by atoms with Gasteiger partial charge >= 0.3 is 5.69 Å². The van der Waals surface area contributed by atoms with Crippen LogP contribution < -0.4 is 21.9 Å². The summed E-state index contributed by atoms with van der Waals surface area (Å²) in [4.78, 5) is 42.7. The van der Waals surface area contributed by atoms with Gasteiger partial charge in [0, 0.05) is 24.1 Å². The second-order valence-electron chi connectivity index (χ2n) is 7.95. The summed E-state index contributed by atoms with van der Waals surface area (Å²) in [6, 6.07) is 7.80. The van der Waals surface area contributed by atoms with E-state index in [9.17, 15) is 14.4 Å². The number of carbonyl (C=O) groups excluding carboxylic acids is 1. The summed E-state index contributed by atoms with van der Waals surface area (Å²) in [5.41, 5.74) is 5.86. The SMILES string of the molecule is CSc1ccc(/C=C/C(=O)N(CC(C)C)c2c(N)n(CC(C)C)c(=O)[nH]c2=O)cc1. The van der Waals surface area contributed by atoms with Gasteiger partial charge in [0.1, 0.15) is 5.82 Å². The van der Waals surface area contributed by atoms with Gasteiger partial charge in [0.25, 0.3) is 11.5 Å². The molecule has 2 aromatic rings. The Kier molecular flexibility index (Phi) is 8.11. The van der Waals surface area contributed by atoms with Crippen molar-refractivity contribution in [2.24, 2.45) is 11.8 Å². The second-order valence-corrected chi connectivity index (χ2v) is 8.83. The molecule has 1 heterocycles. The van der Waals surface area contributed by atoms with E-state index in [0.717, 1.165) is 10.5 Å². The summed E-state index contributed by atoms with van der Waals surface area (Å²) in [5, 5.41) is 0. The average molecular weight is 431 g/mol. The van der Waals surface area contributed by atoms with Crippen LogP contribution in [0.4, 0.5) is 11.5 Å². The van der Waals surface area contributed by atoms with E-state index < -0.39 is 11.2 Å². The minimum atomic E-state index is -0.663. The molecule has 8 heteroatoms. The lowest BCUT2D eigenvalue weighted by atomic mass is 10.1. The first-order chi connectivity index (χ1) is 14.1. The lowest BCUT2D eigenvalue weighted by molar-refractivity contribution is -0.114. The van der Waals surface area contributed by atoms with Crippen LogP contribution in [-0.4, -0.2) is 28.3 Å². The van der Waals surface area contributed by atoms with Crippen LogP contribution in [0.3, 0.4) is 0 Å². The number of benzene rings is 1. The summed E-state index contributed by atoms with van der Waals surface area (Å²) >= 11 is 1.64. The molecule has 0 fully saturated rings. The molecule has 0 saturated carbocycles. The van der Waals surface area contributed by atoms with Gasteiger partial charge < -0.3 is 10.6 Å². The number of nitrogens with two attached hydrogens (primary N) is 1. The van der Waals surface area contributed by atoms with Crippen LogP contribution in [-0.2, 0) is 11.3 Å². The summed E-state index contributed by atoms with van der Waals surface area (Å²) < 4.78 is 1.31. The van der Waals surface area contributed by atoms with Crippen LogP contribution in [0, 0.1) is 11.8 Å². The van der Waals surface area contributed by atoms with E-state index in [4.69, 9.17) is 5.73 Å². The number of aromatic amines is 1. The average Bonchev–Trinajstić information content (AvgIpc) is 2.68. The third-order valence-corrected chi connectivity index (χ3v) is 5.12. The van der Waals surface area contributed by atoms with Crippen molar-refractivity contribution in [3.63, 3.8) is 0 Å². The van der Waals surface area contributed by atoms with Gasteiger partial charge in [0.15, 0.2) is 5.69 Å². The number of nitrogen functional groups attached to an aromatic ring is 1. The van der Waals surface area contributed by atoms with Crippen molar-refractivity contribution in [3.05, 3.63) is 56.7 Å². The number of anilines is 2. The molecule has 0 spiro atoms. The third-order valence-electron chi connectivity index (χ3n) is 4.38. The Morgan fingerprint density at radius 1 is 1.17 bits per heavy atom. The zero-order valence-corrected chi connectivity index (χ0v) is 19.0. The normalized spacial score (nSPS) is 11.6. The van der Waals surface area contributed by atoms with E-state index in [1.54, 1.807) is 17.8 Å². The molecule has 0 bridgehead atoms. The molecule has 0 aliphatic heterocycles. The number of aromatic nitrogens is 2. The van der Waals surface area contributed by atoms with E-state index in [1.807, 2.05) is 58.2 Å². The maximum atomic E-state index is 13.0. The third kappa shape index (κ3) is 5.89. The maximum Gasteiger partial charge on any atom is 0.330 e. The van der Waals surface area contributed by atoms with E-state index in [2.05, 4.69) is 4.98 Å². The summed E-state index contributed by atoms with van der Waals surface area (Å²) in [6.45, 7) is 8.41. The first-order valence-corrected chi connectivity index (χ1v) is 11.1. The van der Waals surface area contributed by atoms with Crippen LogP contribution >= 0.6 is 11.8 Å². The Morgan fingerprint density at radius 2 is 1.80 bits per heavy atom. The first kappa shape index (κ1) is 23.5. The first-order valence-electron chi connectivity index (χ1n) is 9.90. The van der Waals surface area contributed by atoms with E-state index in [-0.39, 0.29) is 29.2 Å². The molecule has 1 aromatic carbocycles. The Balaban J connectivity index is 2.46. The number of thioether (sulfide) groups is 1. The molecule has 0 radical (unpaired) electrons. The topological polar surface area (TPSA) is 101 Å². The fourth-order valence-electron chi connectivity index (χ4n) is 3.01. The molecule has 0 unspecified atom stereocenters. The number of hydrogen-bond acceptors (Lipinski definition) is 5. The summed E-state index contributed by atoms with van der Waals surface area (Å²) in [5.74, 6) is -0.136. The van der Waals surface area contributed by atoms with E-state index >= 15 is 0 Å². The molecule has 0 aliphatic rings. The second kappa shape index (κ2) is 10.3. The smallest absolute Gasteiger partial charge is 0.330 e. The van der Waals surface area contributed by atoms with Crippen molar-refractivity contribution in [2.45, 2.75) is 39.1 Å². The van der Waals surface area contributed by atoms with Gasteiger partial charge in [-0.3, -0.25) is 19.1 Å². The van der Waals surface area contributed by atoms with Crippen molar-refractivity contribution in [2.75, 3.05) is 23.4 Å². The van der Waals surface area contributed by atoms with Crippen molar-refractivity contribution in [1.29, 1.82) is 0 Å². The minimum absolute atomic E-state index is 0.00386. The molecule has 0 atom stereocenters. The predicted molar refractivity (Wildman–Crippen MR) is 125 cm³/mol. The lowest BCUT2D eigenvalue weighted by Crippen LogP contribution is -2.42. The molecule has 2 rings (SSSR count). The maximum absolute atomic E-state index is 13.0. The van der Waals surface area contributed by atoms with Gasteiger partial charge in [-0.2, -0.15) is 0 Å². The Bertz CT molecular complexity index is 1020. The van der Waals surface area contributed by atoms with E-state index in [1.165, 1.54) is 15.5 Å². The van der Waals surface area contributed by atoms with Crippen LogP contribution in [0.25, 0.3) is 6.08 Å². The number of carbonyl (C=O) groups is 1. The molecule has 7 nitrogen and oxygen atoms in total. The molecule has 1 amide bonds. The molecule has 162 valence electrons. The summed E-state index contributed by atoms with van der Waals surface area (Å²) in [7, 11) is 0. The highest BCUT2D eigenvalue weighted by Crippen LogP contribution is 2.20. The van der Waals surface area contributed by atoms with Crippen molar-refractivity contribution < 1.29 is 4.79 Å². The van der Waals surface area contributed by atoms with Crippen molar-refractivity contribution in [3.8, 4) is 0 Å². The van der Waals surface area contributed by atoms with Gasteiger partial charge in [-0.15, -0.1) is 11.8 Å². The fraction of sp³-hybridized carbons (Fsp3) is 0.409. The van der Waals surface area contributed by atoms with Gasteiger partial charge in [-0.05, 0) is 41.9 Å². The molecular formula is C22H30N4O3S. The van der Waals surface area contributed by atoms with Gasteiger partial charge in [-0.25, -0.2) is 4.79 Å². The van der Waals surface area contributed by atoms with Gasteiger partial charge in [0.05, 0.1) is 0 Å². The Hall–Kier alpha value is -2.74. The van der Waals surface area contributed by atoms with Crippen molar-refractivity contribution in [1.82, 2.24) is 9.55 Å². The van der Waals surface area contributed by atoms with Crippen LogP contribution in [0.2, 0.25) is 0 Å². The lowest BCUT2D eigenvalue weighted by Gasteiger charge is -2.25. The molecular weight excluding hydrogens is 400 g/mol. The number of amides is 1. The van der Waals surface area contributed by atoms with Crippen LogP contribution in [0.5, 0.6) is 0 Å². The van der Waals surface area contributed by atoms with E-state index in [0.29, 0.717) is 13.1 Å². The zero-order valence-electron chi connectivity index (χ0n) is 18.1. The molecule has 3 N–H and O–H groups in total. The number of nitrogens with zero attached hydrogens (tertiary/aromatic N) is 2. The molecule has 0 saturated heterocycles. The number of hydrogen-bond donors (Lipinski definition) is 2. The number of nitrogens with one attached hydrogen (secondary N) is 1. The minimum Gasteiger partial charge on any atom is -0.383 e. The predicted octanol–water partition coefficient (Wildman–Crippen LogP) is 3.20. The highest BCUT2D eigenvalue weighted by Gasteiger charge is 2.24. The highest BCUT2D eigenvalue weighted by molar-refractivity contribution is 7.98. The standard InChI is InChI=1S/C22H30N4O3S/c1-14(2)12-25(18(27)11-8-16-6-9-17(30-5)10-7-16)19-20(23)26(13-15(3)4)22(29)24-21(19)28/h6-11,14-15H,12-13,23H2,1-5H3,(H,24,28,29)/b11-8+. The molecule has 1 aromatic heterocycles. The molecule has 0 aliphatic carbocycles. The van der Waals surface area contributed by atoms with Gasteiger partial charge in [0.2, 0.25) is 0 Å². The van der Waals surface area contributed by atoms with Crippen LogP contribution in [0.15, 0.2) is 44.8 Å². The van der Waals surface area contributed by atoms with Gasteiger partial charge in [-0.1, -0.05) is 39.8 Å². The van der Waals surface area contributed by atoms with Crippen LogP contribution in [0.1, 0.15) is 33.3 Å². The number of H-pyrrole nitrogens is 1. The Morgan fingerprint density at radius 3 is 2.33 bits per heavy atom. The quantitative estimate of drug-likeness (QED) is 0.495. The van der Waals surface area contributed by atoms with Crippen molar-refractivity contribution >= 4 is 35.3 Å².